The number of cyclic esters (lactones) is 1. The monoisotopic (exact) mass is 236 g/mol. The molecule has 0 aliphatic carbocycles. The Balaban J connectivity index is 2.02. The molecule has 2 rings (SSSR count). The molecule has 0 saturated carbocycles. The molecule has 17 heavy (non-hydrogen) atoms. The lowest BCUT2D eigenvalue weighted by atomic mass is 10.2. The van der Waals surface area contributed by atoms with Gasteiger partial charge in [-0.3, -0.25) is 4.90 Å². The second-order valence-electron chi connectivity index (χ2n) is 3.83. The molecule has 90 valence electrons. The first kappa shape index (κ1) is 11.3. The van der Waals surface area contributed by atoms with Gasteiger partial charge < -0.3 is 15.6 Å². The fourth-order valence-electron chi connectivity index (χ4n) is 1.61. The molecule has 1 aliphatic heterocycles. The maximum atomic E-state index is 11.4. The minimum absolute atomic E-state index is 0.0680. The third kappa shape index (κ3) is 2.47. The topological polar surface area (TPSA) is 92.9 Å². The van der Waals surface area contributed by atoms with Crippen molar-refractivity contribution in [3.63, 3.8) is 0 Å². The van der Waals surface area contributed by atoms with Crippen LogP contribution in [0.5, 0.6) is 0 Å². The van der Waals surface area contributed by atoms with Crippen molar-refractivity contribution in [2.45, 2.75) is 12.6 Å². The zero-order valence-corrected chi connectivity index (χ0v) is 9.00. The van der Waals surface area contributed by atoms with Crippen molar-refractivity contribution in [2.24, 2.45) is 0 Å². The highest BCUT2D eigenvalue weighted by Gasteiger charge is 2.35. The summed E-state index contributed by atoms with van der Waals surface area (Å²) in [5, 5.41) is 8.73. The Bertz CT molecular complexity index is 443. The molecule has 6 nitrogen and oxygen atoms in total. The lowest BCUT2D eigenvalue weighted by molar-refractivity contribution is -0.144. The summed E-state index contributed by atoms with van der Waals surface area (Å²) in [6, 6.07) is 7.03. The number of ether oxygens (including phenoxy) is 1. The van der Waals surface area contributed by atoms with Crippen molar-refractivity contribution in [3.05, 3.63) is 29.8 Å². The summed E-state index contributed by atoms with van der Waals surface area (Å²) in [4.78, 5) is 23.4. The second kappa shape index (κ2) is 4.32. The van der Waals surface area contributed by atoms with Crippen molar-refractivity contribution in [1.29, 1.82) is 0 Å². The summed E-state index contributed by atoms with van der Waals surface area (Å²) < 4.78 is 4.69. The van der Waals surface area contributed by atoms with Crippen LogP contribution in [-0.2, 0) is 16.1 Å². The summed E-state index contributed by atoms with van der Waals surface area (Å²) in [7, 11) is 0. The zero-order chi connectivity index (χ0) is 12.4. The van der Waals surface area contributed by atoms with E-state index >= 15 is 0 Å². The van der Waals surface area contributed by atoms with Crippen molar-refractivity contribution in [3.8, 4) is 0 Å². The molecule has 1 fully saturated rings. The molecule has 0 aromatic heterocycles. The third-order valence-electron chi connectivity index (χ3n) is 2.52. The largest absolute Gasteiger partial charge is 0.478 e. The smallest absolute Gasteiger partial charge is 0.411 e. The van der Waals surface area contributed by atoms with E-state index in [4.69, 9.17) is 15.6 Å². The van der Waals surface area contributed by atoms with E-state index in [1.54, 1.807) is 24.3 Å². The summed E-state index contributed by atoms with van der Waals surface area (Å²) in [6.07, 6.45) is -1.68. The Kier molecular flexibility index (Phi) is 2.86. The molecular formula is C11H12N2O4. The minimum Gasteiger partial charge on any atom is -0.478 e. The first-order valence-electron chi connectivity index (χ1n) is 5.09. The van der Waals surface area contributed by atoms with Crippen LogP contribution in [0, 0.1) is 0 Å². The van der Waals surface area contributed by atoms with Gasteiger partial charge in [-0.15, -0.1) is 0 Å². The van der Waals surface area contributed by atoms with Gasteiger partial charge in [0.15, 0.2) is 0 Å². The summed E-state index contributed by atoms with van der Waals surface area (Å²) in [5.41, 5.74) is 7.06. The number of anilines is 1. The van der Waals surface area contributed by atoms with Crippen molar-refractivity contribution < 1.29 is 19.4 Å². The number of benzene rings is 1. The van der Waals surface area contributed by atoms with Crippen molar-refractivity contribution in [2.75, 3.05) is 12.3 Å². The Morgan fingerprint density at radius 3 is 2.65 bits per heavy atom. The first-order valence-corrected chi connectivity index (χ1v) is 5.09. The van der Waals surface area contributed by atoms with Crippen LogP contribution in [0.15, 0.2) is 24.3 Å². The van der Waals surface area contributed by atoms with E-state index < -0.39 is 18.2 Å². The number of rotatable bonds is 3. The Morgan fingerprint density at radius 1 is 1.47 bits per heavy atom. The molecule has 0 spiro atoms. The number of carbonyl (C=O) groups is 2. The Morgan fingerprint density at radius 2 is 2.12 bits per heavy atom. The van der Waals surface area contributed by atoms with Crippen LogP contribution < -0.4 is 5.73 Å². The van der Waals surface area contributed by atoms with E-state index in [0.717, 1.165) is 5.56 Å². The van der Waals surface area contributed by atoms with E-state index in [0.29, 0.717) is 12.2 Å². The summed E-state index contributed by atoms with van der Waals surface area (Å²) in [5.74, 6) is -1.13. The number of carboxylic acids is 1. The fourth-order valence-corrected chi connectivity index (χ4v) is 1.61. The SMILES string of the molecule is Nc1ccc(CN2CC(C(=O)O)OC2=O)cc1. The van der Waals surface area contributed by atoms with E-state index in [2.05, 4.69) is 0 Å². The molecule has 0 bridgehead atoms. The number of nitrogens with zero attached hydrogens (tertiary/aromatic N) is 1. The van der Waals surface area contributed by atoms with E-state index in [1.165, 1.54) is 4.90 Å². The van der Waals surface area contributed by atoms with E-state index in [9.17, 15) is 9.59 Å². The molecule has 1 aliphatic rings. The predicted octanol–water partition coefficient (Wildman–Crippen LogP) is 0.674. The van der Waals surface area contributed by atoms with Gasteiger partial charge >= 0.3 is 12.1 Å². The first-order chi connectivity index (χ1) is 8.06. The number of hydrogen-bond donors (Lipinski definition) is 2. The van der Waals surface area contributed by atoms with Gasteiger partial charge in [-0.25, -0.2) is 9.59 Å². The molecule has 1 heterocycles. The molecule has 1 unspecified atom stereocenters. The quantitative estimate of drug-likeness (QED) is 0.752. The summed E-state index contributed by atoms with van der Waals surface area (Å²) >= 11 is 0. The fraction of sp³-hybridized carbons (Fsp3) is 0.273. The molecule has 1 atom stereocenters. The number of nitrogen functional groups attached to an aromatic ring is 1. The van der Waals surface area contributed by atoms with Gasteiger partial charge in [0.25, 0.3) is 0 Å². The zero-order valence-electron chi connectivity index (χ0n) is 9.00. The van der Waals surface area contributed by atoms with E-state index in [1.807, 2.05) is 0 Å². The van der Waals surface area contributed by atoms with Crippen LogP contribution in [0.1, 0.15) is 5.56 Å². The van der Waals surface area contributed by atoms with Gasteiger partial charge in [0.1, 0.15) is 0 Å². The third-order valence-corrected chi connectivity index (χ3v) is 2.52. The second-order valence-corrected chi connectivity index (χ2v) is 3.83. The highest BCUT2D eigenvalue weighted by atomic mass is 16.6. The molecule has 1 saturated heterocycles. The van der Waals surface area contributed by atoms with Crippen molar-refractivity contribution >= 4 is 17.7 Å². The lowest BCUT2D eigenvalue weighted by Gasteiger charge is -2.12. The van der Waals surface area contributed by atoms with Crippen LogP contribution >= 0.6 is 0 Å². The molecule has 3 N–H and O–H groups in total. The van der Waals surface area contributed by atoms with Crippen LogP contribution in [0.2, 0.25) is 0 Å². The molecule has 6 heteroatoms. The maximum Gasteiger partial charge on any atom is 0.411 e. The number of carbonyl (C=O) groups excluding carboxylic acids is 1. The minimum atomic E-state index is -1.13. The molecule has 0 radical (unpaired) electrons. The highest BCUT2D eigenvalue weighted by Crippen LogP contribution is 2.16. The van der Waals surface area contributed by atoms with Crippen molar-refractivity contribution in [1.82, 2.24) is 4.90 Å². The van der Waals surface area contributed by atoms with Crippen LogP contribution in [0.3, 0.4) is 0 Å². The number of aliphatic carboxylic acids is 1. The Labute approximate surface area is 97.6 Å². The normalized spacial score (nSPS) is 19.2. The van der Waals surface area contributed by atoms with Crippen LogP contribution in [-0.4, -0.2) is 34.7 Å². The molecule has 1 amide bonds. The summed E-state index contributed by atoms with van der Waals surface area (Å²) in [6.45, 7) is 0.390. The average Bonchev–Trinajstić information content (AvgIpc) is 2.64. The van der Waals surface area contributed by atoms with Gasteiger partial charge in [0, 0.05) is 12.2 Å². The molecule has 1 aromatic carbocycles. The lowest BCUT2D eigenvalue weighted by Crippen LogP contribution is -2.27. The van der Waals surface area contributed by atoms with Gasteiger partial charge in [0.05, 0.1) is 6.54 Å². The van der Waals surface area contributed by atoms with E-state index in [-0.39, 0.29) is 6.54 Å². The van der Waals surface area contributed by atoms with Gasteiger partial charge in [-0.05, 0) is 17.7 Å². The van der Waals surface area contributed by atoms with Crippen LogP contribution in [0.25, 0.3) is 0 Å². The number of hydrogen-bond acceptors (Lipinski definition) is 4. The van der Waals surface area contributed by atoms with Gasteiger partial charge in [0.2, 0.25) is 6.10 Å². The number of carboxylic acid groups (broad SMARTS) is 1. The predicted molar refractivity (Wildman–Crippen MR) is 59.2 cm³/mol. The highest BCUT2D eigenvalue weighted by molar-refractivity contribution is 5.81. The number of amides is 1. The Hall–Kier alpha value is -2.24. The van der Waals surface area contributed by atoms with Crippen LogP contribution in [0.4, 0.5) is 10.5 Å². The number of nitrogens with two attached hydrogens (primary N) is 1. The van der Waals surface area contributed by atoms with Gasteiger partial charge in [-0.1, -0.05) is 12.1 Å². The molecular weight excluding hydrogens is 224 g/mol. The standard InChI is InChI=1S/C11H12N2O4/c12-8-3-1-7(2-4-8)5-13-6-9(10(14)15)17-11(13)16/h1-4,9H,5-6,12H2,(H,14,15). The van der Waals surface area contributed by atoms with Gasteiger partial charge in [-0.2, -0.15) is 0 Å². The average molecular weight is 236 g/mol. The molecule has 1 aromatic rings. The maximum absolute atomic E-state index is 11.4.